The highest BCUT2D eigenvalue weighted by Crippen LogP contribution is 2.32. The van der Waals surface area contributed by atoms with Crippen molar-refractivity contribution in [3.05, 3.63) is 22.8 Å². The van der Waals surface area contributed by atoms with Crippen molar-refractivity contribution in [3.63, 3.8) is 0 Å². The molecule has 0 spiro atoms. The number of aliphatic carboxylic acids is 1. The van der Waals surface area contributed by atoms with E-state index in [4.69, 9.17) is 16.7 Å². The summed E-state index contributed by atoms with van der Waals surface area (Å²) in [6, 6.07) is 0.756. The Morgan fingerprint density at radius 1 is 1.28 bits per heavy atom. The van der Waals surface area contributed by atoms with Crippen LogP contribution in [0.4, 0.5) is 19.0 Å². The number of aromatic nitrogens is 1. The molecule has 10 heteroatoms. The molecule has 6 nitrogen and oxygen atoms in total. The van der Waals surface area contributed by atoms with Gasteiger partial charge in [-0.2, -0.15) is 13.2 Å². The Kier molecular flexibility index (Phi) is 7.04. The molecule has 0 fully saturated rings. The van der Waals surface area contributed by atoms with Crippen LogP contribution in [-0.2, 0) is 15.8 Å². The smallest absolute Gasteiger partial charge is 0.417 e. The molecule has 0 aromatic carbocycles. The van der Waals surface area contributed by atoms with Gasteiger partial charge in [-0.1, -0.05) is 11.6 Å². The monoisotopic (exact) mass is 381 g/mol. The van der Waals surface area contributed by atoms with Gasteiger partial charge in [0.05, 0.1) is 10.6 Å². The molecule has 0 aliphatic heterocycles. The molecule has 0 atom stereocenters. The number of carboxylic acid groups (broad SMARTS) is 1. The van der Waals surface area contributed by atoms with E-state index in [0.717, 1.165) is 6.07 Å². The molecule has 0 aliphatic carbocycles. The van der Waals surface area contributed by atoms with Gasteiger partial charge in [-0.25, -0.2) is 4.98 Å². The molecule has 1 aromatic rings. The molecular formula is C15H19ClF3N3O3. The summed E-state index contributed by atoms with van der Waals surface area (Å²) in [6.07, 6.45) is -3.65. The van der Waals surface area contributed by atoms with Crippen LogP contribution < -0.4 is 10.6 Å². The number of carboxylic acids is 1. The van der Waals surface area contributed by atoms with Crippen molar-refractivity contribution in [3.8, 4) is 0 Å². The maximum atomic E-state index is 12.5. The Hall–Kier alpha value is -2.03. The van der Waals surface area contributed by atoms with Crippen molar-refractivity contribution < 1.29 is 27.9 Å². The average Bonchev–Trinajstić information content (AvgIpc) is 2.45. The molecule has 1 aromatic heterocycles. The Morgan fingerprint density at radius 2 is 1.92 bits per heavy atom. The van der Waals surface area contributed by atoms with Gasteiger partial charge >= 0.3 is 12.1 Å². The number of nitrogens with zero attached hydrogens (tertiary/aromatic N) is 1. The van der Waals surface area contributed by atoms with Crippen molar-refractivity contribution in [1.82, 2.24) is 10.3 Å². The number of anilines is 1. The fourth-order valence-electron chi connectivity index (χ4n) is 1.94. The fourth-order valence-corrected chi connectivity index (χ4v) is 2.17. The molecule has 1 rings (SSSR count). The molecule has 0 radical (unpaired) electrons. The van der Waals surface area contributed by atoms with Crippen LogP contribution in [-0.4, -0.2) is 34.1 Å². The van der Waals surface area contributed by atoms with E-state index in [1.807, 2.05) is 0 Å². The van der Waals surface area contributed by atoms with Gasteiger partial charge in [0.2, 0.25) is 5.91 Å². The minimum atomic E-state index is -4.53. The van der Waals surface area contributed by atoms with Crippen LogP contribution in [0.1, 0.15) is 38.7 Å². The van der Waals surface area contributed by atoms with Crippen molar-refractivity contribution in [1.29, 1.82) is 0 Å². The number of pyridine rings is 1. The number of hydrogen-bond acceptors (Lipinski definition) is 4. The van der Waals surface area contributed by atoms with E-state index >= 15 is 0 Å². The Balaban J connectivity index is 2.49. The van der Waals surface area contributed by atoms with Gasteiger partial charge in [0.15, 0.2) is 0 Å². The number of nitrogens with one attached hydrogen (secondary N) is 2. The normalized spacial score (nSPS) is 11.9. The van der Waals surface area contributed by atoms with E-state index in [9.17, 15) is 22.8 Å². The second kappa shape index (κ2) is 8.37. The highest BCUT2D eigenvalue weighted by atomic mass is 35.5. The number of alkyl halides is 3. The van der Waals surface area contributed by atoms with Gasteiger partial charge in [-0.15, -0.1) is 0 Å². The van der Waals surface area contributed by atoms with Crippen LogP contribution in [0, 0.1) is 0 Å². The van der Waals surface area contributed by atoms with Crippen LogP contribution in [0.3, 0.4) is 0 Å². The number of hydrogen-bond donors (Lipinski definition) is 3. The first kappa shape index (κ1) is 21.0. The Bertz CT molecular complexity index is 636. The zero-order chi connectivity index (χ0) is 19.3. The molecule has 0 aliphatic rings. The molecule has 0 bridgehead atoms. The van der Waals surface area contributed by atoms with Gasteiger partial charge < -0.3 is 15.7 Å². The van der Waals surface area contributed by atoms with Crippen LogP contribution in [0.25, 0.3) is 0 Å². The number of carbonyl (C=O) groups is 2. The first-order valence-corrected chi connectivity index (χ1v) is 7.78. The zero-order valence-corrected chi connectivity index (χ0v) is 14.5. The first-order chi connectivity index (χ1) is 11.4. The Morgan fingerprint density at radius 3 is 2.44 bits per heavy atom. The molecule has 25 heavy (non-hydrogen) atoms. The quantitative estimate of drug-likeness (QED) is 0.642. The van der Waals surface area contributed by atoms with Gasteiger partial charge in [-0.05, 0) is 26.3 Å². The molecule has 1 amide bonds. The molecule has 0 saturated heterocycles. The SMILES string of the molecule is CC(C)(CCC(=O)O)NC(=O)CCNc1ncc(C(F)(F)F)cc1Cl. The predicted octanol–water partition coefficient (Wildman–Crippen LogP) is 3.32. The van der Waals surface area contributed by atoms with Gasteiger partial charge in [-0.3, -0.25) is 9.59 Å². The number of halogens is 4. The lowest BCUT2D eigenvalue weighted by Gasteiger charge is -2.25. The third kappa shape index (κ3) is 7.59. The maximum Gasteiger partial charge on any atom is 0.417 e. The van der Waals surface area contributed by atoms with Crippen LogP contribution in [0.15, 0.2) is 12.3 Å². The standard InChI is InChI=1S/C15H19ClF3N3O3/c1-14(2,5-3-12(24)25)22-11(23)4-6-20-13-10(16)7-9(8-21-13)15(17,18)19/h7-8H,3-6H2,1-2H3,(H,20,21)(H,22,23)(H,24,25). The van der Waals surface area contributed by atoms with E-state index in [0.29, 0.717) is 6.20 Å². The second-order valence-electron chi connectivity index (χ2n) is 6.05. The van der Waals surface area contributed by atoms with Gasteiger partial charge in [0, 0.05) is 31.1 Å². The van der Waals surface area contributed by atoms with E-state index < -0.39 is 23.2 Å². The molecule has 1 heterocycles. The average molecular weight is 382 g/mol. The summed E-state index contributed by atoms with van der Waals surface area (Å²) < 4.78 is 37.6. The summed E-state index contributed by atoms with van der Waals surface area (Å²) >= 11 is 5.75. The maximum absolute atomic E-state index is 12.5. The minimum absolute atomic E-state index is 0.0233. The van der Waals surface area contributed by atoms with E-state index in [1.165, 1.54) is 0 Å². The third-order valence-corrected chi connectivity index (χ3v) is 3.54. The summed E-state index contributed by atoms with van der Waals surface area (Å²) in [5, 5.41) is 13.9. The van der Waals surface area contributed by atoms with E-state index in [2.05, 4.69) is 15.6 Å². The Labute approximate surface area is 147 Å². The highest BCUT2D eigenvalue weighted by molar-refractivity contribution is 6.32. The predicted molar refractivity (Wildman–Crippen MR) is 86.4 cm³/mol. The summed E-state index contributed by atoms with van der Waals surface area (Å²) in [4.78, 5) is 26.0. The van der Waals surface area contributed by atoms with Crippen molar-refractivity contribution >= 4 is 29.3 Å². The summed E-state index contributed by atoms with van der Waals surface area (Å²) in [5.74, 6) is -1.23. The number of carbonyl (C=O) groups excluding carboxylic acids is 1. The lowest BCUT2D eigenvalue weighted by Crippen LogP contribution is -2.44. The van der Waals surface area contributed by atoms with Crippen molar-refractivity contribution in [2.75, 3.05) is 11.9 Å². The van der Waals surface area contributed by atoms with E-state index in [-0.39, 0.29) is 42.6 Å². The molecule has 3 N–H and O–H groups in total. The molecule has 140 valence electrons. The van der Waals surface area contributed by atoms with E-state index in [1.54, 1.807) is 13.8 Å². The first-order valence-electron chi connectivity index (χ1n) is 7.40. The van der Waals surface area contributed by atoms with Crippen molar-refractivity contribution in [2.24, 2.45) is 0 Å². The fraction of sp³-hybridized carbons (Fsp3) is 0.533. The molecular weight excluding hydrogens is 363 g/mol. The lowest BCUT2D eigenvalue weighted by molar-refractivity contribution is -0.138. The highest BCUT2D eigenvalue weighted by Gasteiger charge is 2.31. The molecule has 0 saturated carbocycles. The van der Waals surface area contributed by atoms with Crippen molar-refractivity contribution in [2.45, 2.75) is 44.8 Å². The largest absolute Gasteiger partial charge is 0.481 e. The molecule has 0 unspecified atom stereocenters. The van der Waals surface area contributed by atoms with Crippen LogP contribution >= 0.6 is 11.6 Å². The van der Waals surface area contributed by atoms with Crippen LogP contribution in [0.5, 0.6) is 0 Å². The topological polar surface area (TPSA) is 91.3 Å². The number of rotatable bonds is 8. The summed E-state index contributed by atoms with van der Waals surface area (Å²) in [7, 11) is 0. The lowest BCUT2D eigenvalue weighted by atomic mass is 9.98. The van der Waals surface area contributed by atoms with Gasteiger partial charge in [0.25, 0.3) is 0 Å². The van der Waals surface area contributed by atoms with Crippen LogP contribution in [0.2, 0.25) is 5.02 Å². The van der Waals surface area contributed by atoms with Gasteiger partial charge in [0.1, 0.15) is 5.82 Å². The number of amides is 1. The second-order valence-corrected chi connectivity index (χ2v) is 6.46. The zero-order valence-electron chi connectivity index (χ0n) is 13.7. The summed E-state index contributed by atoms with van der Waals surface area (Å²) in [6.45, 7) is 3.52. The summed E-state index contributed by atoms with van der Waals surface area (Å²) in [5.41, 5.74) is -1.64. The minimum Gasteiger partial charge on any atom is -0.481 e. The third-order valence-electron chi connectivity index (χ3n) is 3.25.